The van der Waals surface area contributed by atoms with Crippen molar-refractivity contribution in [1.82, 2.24) is 9.88 Å². The summed E-state index contributed by atoms with van der Waals surface area (Å²) in [5.74, 6) is 0. The molecule has 0 aliphatic carbocycles. The minimum atomic E-state index is 0.974. The SMILES string of the molecule is C=C1NC=Cc2c1ccc1c2c2ccccc2n1CCC. The standard InChI is InChI=1S/C19H18N2/c1-3-12-21-17-7-5-4-6-16(17)19-15-10-11-20-13(2)14(15)8-9-18(19)21/h4-11,20H,2-3,12H2,1H3. The van der Waals surface area contributed by atoms with Crippen LogP contribution in [-0.2, 0) is 6.54 Å². The molecular formula is C19H18N2. The van der Waals surface area contributed by atoms with Gasteiger partial charge in [-0.05, 0) is 30.2 Å². The van der Waals surface area contributed by atoms with Gasteiger partial charge in [0.05, 0.1) is 0 Å². The Morgan fingerprint density at radius 3 is 2.81 bits per heavy atom. The molecule has 21 heavy (non-hydrogen) atoms. The molecule has 0 unspecified atom stereocenters. The molecule has 2 aromatic carbocycles. The molecule has 0 amide bonds. The van der Waals surface area contributed by atoms with Crippen LogP contribution < -0.4 is 5.32 Å². The Morgan fingerprint density at radius 1 is 1.10 bits per heavy atom. The molecule has 0 saturated carbocycles. The number of aryl methyl sites for hydroxylation is 1. The van der Waals surface area contributed by atoms with Crippen molar-refractivity contribution in [1.29, 1.82) is 0 Å². The second kappa shape index (κ2) is 4.52. The minimum absolute atomic E-state index is 0.974. The summed E-state index contributed by atoms with van der Waals surface area (Å²) in [6.07, 6.45) is 5.28. The third kappa shape index (κ3) is 1.65. The molecule has 104 valence electrons. The largest absolute Gasteiger partial charge is 0.362 e. The summed E-state index contributed by atoms with van der Waals surface area (Å²) in [7, 11) is 0. The molecule has 2 nitrogen and oxygen atoms in total. The summed E-state index contributed by atoms with van der Waals surface area (Å²) >= 11 is 0. The van der Waals surface area contributed by atoms with Gasteiger partial charge in [0.2, 0.25) is 0 Å². The lowest BCUT2D eigenvalue weighted by molar-refractivity contribution is 0.724. The van der Waals surface area contributed by atoms with Crippen LogP contribution in [0.1, 0.15) is 24.5 Å². The number of fused-ring (bicyclic) bond motifs is 5. The fourth-order valence-corrected chi connectivity index (χ4v) is 3.37. The summed E-state index contributed by atoms with van der Waals surface area (Å²) in [6.45, 7) is 7.39. The number of benzene rings is 2. The van der Waals surface area contributed by atoms with Crippen molar-refractivity contribution in [2.24, 2.45) is 0 Å². The fourth-order valence-electron chi connectivity index (χ4n) is 3.37. The zero-order chi connectivity index (χ0) is 14.4. The van der Waals surface area contributed by atoms with Crippen molar-refractivity contribution in [3.63, 3.8) is 0 Å². The van der Waals surface area contributed by atoms with Crippen LogP contribution in [-0.4, -0.2) is 4.57 Å². The second-order valence-corrected chi connectivity index (χ2v) is 5.55. The zero-order valence-corrected chi connectivity index (χ0v) is 12.2. The summed E-state index contributed by atoms with van der Waals surface area (Å²) in [5.41, 5.74) is 6.09. The number of aromatic nitrogens is 1. The normalized spacial score (nSPS) is 13.7. The number of rotatable bonds is 2. The van der Waals surface area contributed by atoms with E-state index in [0.717, 1.165) is 18.7 Å². The monoisotopic (exact) mass is 274 g/mol. The molecule has 0 atom stereocenters. The lowest BCUT2D eigenvalue weighted by atomic mass is 9.97. The highest BCUT2D eigenvalue weighted by atomic mass is 15.0. The fraction of sp³-hybridized carbons (Fsp3) is 0.158. The molecule has 2 heteroatoms. The number of hydrogen-bond acceptors (Lipinski definition) is 1. The number of para-hydroxylation sites is 1. The highest BCUT2D eigenvalue weighted by molar-refractivity contribution is 6.13. The molecule has 0 saturated heterocycles. The molecule has 2 heterocycles. The Labute approximate surface area is 124 Å². The zero-order valence-electron chi connectivity index (χ0n) is 12.2. The van der Waals surface area contributed by atoms with E-state index in [1.165, 1.54) is 32.9 Å². The highest BCUT2D eigenvalue weighted by Crippen LogP contribution is 2.36. The van der Waals surface area contributed by atoms with Crippen LogP contribution in [0.4, 0.5) is 0 Å². The van der Waals surface area contributed by atoms with E-state index >= 15 is 0 Å². The van der Waals surface area contributed by atoms with Gasteiger partial charge in [-0.1, -0.05) is 37.8 Å². The number of hydrogen-bond donors (Lipinski definition) is 1. The molecule has 0 fully saturated rings. The smallest absolute Gasteiger partial charge is 0.0497 e. The van der Waals surface area contributed by atoms with Crippen LogP contribution in [0.5, 0.6) is 0 Å². The summed E-state index contributed by atoms with van der Waals surface area (Å²) < 4.78 is 2.43. The van der Waals surface area contributed by atoms with Crippen LogP contribution in [0.3, 0.4) is 0 Å². The molecule has 1 aliphatic rings. The molecule has 0 bridgehead atoms. The molecule has 1 aromatic heterocycles. The van der Waals surface area contributed by atoms with Crippen molar-refractivity contribution < 1.29 is 0 Å². The molecular weight excluding hydrogens is 256 g/mol. The van der Waals surface area contributed by atoms with Gasteiger partial charge in [-0.15, -0.1) is 0 Å². The molecule has 0 radical (unpaired) electrons. The molecule has 1 aliphatic heterocycles. The third-order valence-corrected chi connectivity index (χ3v) is 4.26. The van der Waals surface area contributed by atoms with E-state index in [2.05, 4.69) is 65.9 Å². The average Bonchev–Trinajstić information content (AvgIpc) is 2.83. The third-order valence-electron chi connectivity index (χ3n) is 4.26. The number of nitrogens with zero attached hydrogens (tertiary/aromatic N) is 1. The van der Waals surface area contributed by atoms with Gasteiger partial charge < -0.3 is 9.88 Å². The summed E-state index contributed by atoms with van der Waals surface area (Å²) in [5, 5.41) is 5.87. The Hall–Kier alpha value is -2.48. The summed E-state index contributed by atoms with van der Waals surface area (Å²) in [4.78, 5) is 0. The van der Waals surface area contributed by atoms with Crippen molar-refractivity contribution in [2.45, 2.75) is 19.9 Å². The first kappa shape index (κ1) is 12.3. The molecule has 1 N–H and O–H groups in total. The van der Waals surface area contributed by atoms with Gasteiger partial charge in [0, 0.05) is 45.8 Å². The van der Waals surface area contributed by atoms with Crippen LogP contribution >= 0.6 is 0 Å². The summed E-state index contributed by atoms with van der Waals surface area (Å²) in [6, 6.07) is 13.1. The Kier molecular flexibility index (Phi) is 2.64. The van der Waals surface area contributed by atoms with E-state index in [4.69, 9.17) is 0 Å². The average molecular weight is 274 g/mol. The molecule has 3 aromatic rings. The lowest BCUT2D eigenvalue weighted by Gasteiger charge is -2.16. The predicted octanol–water partition coefficient (Wildman–Crippen LogP) is 4.75. The quantitative estimate of drug-likeness (QED) is 0.713. The van der Waals surface area contributed by atoms with Crippen molar-refractivity contribution in [3.8, 4) is 0 Å². The van der Waals surface area contributed by atoms with Gasteiger partial charge in [-0.3, -0.25) is 0 Å². The van der Waals surface area contributed by atoms with E-state index in [0.29, 0.717) is 0 Å². The van der Waals surface area contributed by atoms with E-state index in [1.807, 2.05) is 6.20 Å². The van der Waals surface area contributed by atoms with Crippen molar-refractivity contribution >= 4 is 33.6 Å². The van der Waals surface area contributed by atoms with Gasteiger partial charge in [0.1, 0.15) is 0 Å². The Balaban J connectivity index is 2.21. The first-order chi connectivity index (χ1) is 10.3. The molecule has 0 spiro atoms. The van der Waals surface area contributed by atoms with Crippen LogP contribution in [0, 0.1) is 0 Å². The van der Waals surface area contributed by atoms with Gasteiger partial charge >= 0.3 is 0 Å². The van der Waals surface area contributed by atoms with Crippen molar-refractivity contribution in [2.75, 3.05) is 0 Å². The Bertz CT molecular complexity index is 897. The van der Waals surface area contributed by atoms with Crippen molar-refractivity contribution in [3.05, 3.63) is 60.3 Å². The second-order valence-electron chi connectivity index (χ2n) is 5.55. The van der Waals surface area contributed by atoms with E-state index in [9.17, 15) is 0 Å². The Morgan fingerprint density at radius 2 is 1.95 bits per heavy atom. The van der Waals surface area contributed by atoms with Gasteiger partial charge in [-0.2, -0.15) is 0 Å². The molecule has 4 rings (SSSR count). The maximum atomic E-state index is 4.12. The minimum Gasteiger partial charge on any atom is -0.362 e. The number of nitrogens with one attached hydrogen (secondary N) is 1. The first-order valence-corrected chi connectivity index (χ1v) is 7.47. The van der Waals surface area contributed by atoms with E-state index in [-0.39, 0.29) is 0 Å². The topological polar surface area (TPSA) is 17.0 Å². The van der Waals surface area contributed by atoms with Crippen LogP contribution in [0.2, 0.25) is 0 Å². The lowest BCUT2D eigenvalue weighted by Crippen LogP contribution is -2.08. The van der Waals surface area contributed by atoms with Crippen LogP contribution in [0.25, 0.3) is 33.6 Å². The van der Waals surface area contributed by atoms with Gasteiger partial charge in [0.25, 0.3) is 0 Å². The van der Waals surface area contributed by atoms with E-state index < -0.39 is 0 Å². The maximum absolute atomic E-state index is 4.12. The van der Waals surface area contributed by atoms with Gasteiger partial charge in [0.15, 0.2) is 0 Å². The maximum Gasteiger partial charge on any atom is 0.0497 e. The van der Waals surface area contributed by atoms with Gasteiger partial charge in [-0.25, -0.2) is 0 Å². The van der Waals surface area contributed by atoms with Crippen LogP contribution in [0.15, 0.2) is 49.2 Å². The van der Waals surface area contributed by atoms with E-state index in [1.54, 1.807) is 0 Å². The predicted molar refractivity (Wildman–Crippen MR) is 90.9 cm³/mol. The highest BCUT2D eigenvalue weighted by Gasteiger charge is 2.17. The first-order valence-electron chi connectivity index (χ1n) is 7.47.